The molecule has 1 aromatic heterocycles. The van der Waals surface area contributed by atoms with Gasteiger partial charge in [0.2, 0.25) is 0 Å². The number of carbonyl (C=O) groups excluding carboxylic acids is 1. The molecule has 0 radical (unpaired) electrons. The maximum Gasteiger partial charge on any atom is 0.419 e. The third kappa shape index (κ3) is 1.08. The summed E-state index contributed by atoms with van der Waals surface area (Å²) >= 11 is 0. The molecule has 0 amide bonds. The highest BCUT2D eigenvalue weighted by Gasteiger charge is 2.12. The van der Waals surface area contributed by atoms with Gasteiger partial charge in [-0.15, -0.1) is 0 Å². The quantitative estimate of drug-likeness (QED) is 0.639. The normalized spacial score (nSPS) is 10.7. The van der Waals surface area contributed by atoms with Crippen molar-refractivity contribution in [3.05, 3.63) is 34.3 Å². The SMILES string of the molecule is CC(=O)c1cccc2oc(=O)n(C)c12. The molecule has 0 aliphatic carbocycles. The summed E-state index contributed by atoms with van der Waals surface area (Å²) in [6, 6.07) is 5.05. The summed E-state index contributed by atoms with van der Waals surface area (Å²) in [5, 5.41) is 0. The van der Waals surface area contributed by atoms with E-state index >= 15 is 0 Å². The Hall–Kier alpha value is -1.84. The summed E-state index contributed by atoms with van der Waals surface area (Å²) < 4.78 is 6.28. The van der Waals surface area contributed by atoms with Gasteiger partial charge in [-0.1, -0.05) is 6.07 Å². The van der Waals surface area contributed by atoms with Crippen LogP contribution in [0.1, 0.15) is 17.3 Å². The Labute approximate surface area is 79.8 Å². The van der Waals surface area contributed by atoms with Gasteiger partial charge in [-0.05, 0) is 19.1 Å². The van der Waals surface area contributed by atoms with Crippen LogP contribution in [0.25, 0.3) is 11.1 Å². The summed E-state index contributed by atoms with van der Waals surface area (Å²) in [6.45, 7) is 1.46. The van der Waals surface area contributed by atoms with Crippen molar-refractivity contribution in [3.8, 4) is 0 Å². The Morgan fingerprint density at radius 2 is 2.14 bits per heavy atom. The second kappa shape index (κ2) is 2.83. The molecule has 0 atom stereocenters. The highest BCUT2D eigenvalue weighted by Crippen LogP contribution is 2.17. The molecular formula is C10H9NO3. The van der Waals surface area contributed by atoms with E-state index in [4.69, 9.17) is 4.42 Å². The predicted molar refractivity (Wildman–Crippen MR) is 51.5 cm³/mol. The van der Waals surface area contributed by atoms with Crippen molar-refractivity contribution in [1.82, 2.24) is 4.57 Å². The summed E-state index contributed by atoms with van der Waals surface area (Å²) in [5.74, 6) is -0.527. The standard InChI is InChI=1S/C10H9NO3/c1-6(12)7-4-3-5-8-9(7)11(2)10(13)14-8/h3-5H,1-2H3. The maximum atomic E-state index is 11.3. The van der Waals surface area contributed by atoms with Crippen LogP contribution in [0.4, 0.5) is 0 Å². The zero-order valence-corrected chi connectivity index (χ0v) is 7.90. The number of oxazole rings is 1. The van der Waals surface area contributed by atoms with E-state index in [1.54, 1.807) is 25.2 Å². The van der Waals surface area contributed by atoms with Crippen LogP contribution in [0.2, 0.25) is 0 Å². The minimum atomic E-state index is -0.450. The van der Waals surface area contributed by atoms with E-state index in [0.717, 1.165) is 0 Å². The lowest BCUT2D eigenvalue weighted by atomic mass is 10.1. The lowest BCUT2D eigenvalue weighted by molar-refractivity contribution is 0.101. The molecule has 4 heteroatoms. The molecule has 0 aliphatic rings. The molecule has 0 spiro atoms. The van der Waals surface area contributed by atoms with Gasteiger partial charge in [-0.25, -0.2) is 4.79 Å². The highest BCUT2D eigenvalue weighted by molar-refractivity contribution is 6.04. The third-order valence-electron chi connectivity index (χ3n) is 2.18. The summed E-state index contributed by atoms with van der Waals surface area (Å²) in [7, 11) is 1.58. The molecule has 4 nitrogen and oxygen atoms in total. The lowest BCUT2D eigenvalue weighted by Gasteiger charge is -1.98. The fourth-order valence-corrected chi connectivity index (χ4v) is 1.49. The van der Waals surface area contributed by atoms with Gasteiger partial charge in [0.05, 0.1) is 0 Å². The van der Waals surface area contributed by atoms with Crippen LogP contribution in [0.15, 0.2) is 27.4 Å². The maximum absolute atomic E-state index is 11.3. The molecule has 0 saturated carbocycles. The van der Waals surface area contributed by atoms with Crippen LogP contribution in [0, 0.1) is 0 Å². The molecule has 0 fully saturated rings. The average molecular weight is 191 g/mol. The second-order valence-electron chi connectivity index (χ2n) is 3.14. The van der Waals surface area contributed by atoms with Crippen molar-refractivity contribution in [2.45, 2.75) is 6.92 Å². The van der Waals surface area contributed by atoms with Gasteiger partial charge in [0, 0.05) is 12.6 Å². The summed E-state index contributed by atoms with van der Waals surface area (Å²) in [4.78, 5) is 22.5. The lowest BCUT2D eigenvalue weighted by Crippen LogP contribution is -2.10. The van der Waals surface area contributed by atoms with E-state index in [2.05, 4.69) is 0 Å². The number of hydrogen-bond donors (Lipinski definition) is 0. The van der Waals surface area contributed by atoms with Crippen molar-refractivity contribution < 1.29 is 9.21 Å². The van der Waals surface area contributed by atoms with Crippen molar-refractivity contribution in [2.75, 3.05) is 0 Å². The predicted octanol–water partition coefficient (Wildman–Crippen LogP) is 1.33. The number of ketones is 1. The fourth-order valence-electron chi connectivity index (χ4n) is 1.49. The van der Waals surface area contributed by atoms with Crippen LogP contribution in [-0.2, 0) is 7.05 Å². The van der Waals surface area contributed by atoms with E-state index in [9.17, 15) is 9.59 Å². The Morgan fingerprint density at radius 3 is 2.79 bits per heavy atom. The molecule has 2 aromatic rings. The highest BCUT2D eigenvalue weighted by atomic mass is 16.4. The van der Waals surface area contributed by atoms with Gasteiger partial charge in [-0.2, -0.15) is 0 Å². The summed E-state index contributed by atoms with van der Waals surface area (Å²) in [5.41, 5.74) is 1.52. The number of aryl methyl sites for hydroxylation is 1. The smallest absolute Gasteiger partial charge is 0.408 e. The first-order chi connectivity index (χ1) is 6.61. The molecule has 0 unspecified atom stereocenters. The third-order valence-corrected chi connectivity index (χ3v) is 2.18. The van der Waals surface area contributed by atoms with E-state index in [1.807, 2.05) is 0 Å². The van der Waals surface area contributed by atoms with Crippen LogP contribution in [0.5, 0.6) is 0 Å². The molecular weight excluding hydrogens is 182 g/mol. The number of para-hydroxylation sites is 1. The van der Waals surface area contributed by atoms with Crippen molar-refractivity contribution in [3.63, 3.8) is 0 Å². The first kappa shape index (κ1) is 8.74. The zero-order valence-electron chi connectivity index (χ0n) is 7.90. The molecule has 2 rings (SSSR count). The van der Waals surface area contributed by atoms with E-state index in [1.165, 1.54) is 11.5 Å². The Kier molecular flexibility index (Phi) is 1.77. The molecule has 0 bridgehead atoms. The van der Waals surface area contributed by atoms with Crippen molar-refractivity contribution in [2.24, 2.45) is 7.05 Å². The Balaban J connectivity index is 2.98. The monoisotopic (exact) mass is 191 g/mol. The van der Waals surface area contributed by atoms with Crippen LogP contribution in [0.3, 0.4) is 0 Å². The largest absolute Gasteiger partial charge is 0.419 e. The van der Waals surface area contributed by atoms with Crippen LogP contribution < -0.4 is 5.76 Å². The van der Waals surface area contributed by atoms with Crippen molar-refractivity contribution in [1.29, 1.82) is 0 Å². The first-order valence-electron chi connectivity index (χ1n) is 4.20. The molecule has 0 saturated heterocycles. The number of fused-ring (bicyclic) bond motifs is 1. The van der Waals surface area contributed by atoms with Crippen molar-refractivity contribution >= 4 is 16.9 Å². The van der Waals surface area contributed by atoms with Crippen LogP contribution >= 0.6 is 0 Å². The van der Waals surface area contributed by atoms with Gasteiger partial charge in [0.15, 0.2) is 11.4 Å². The average Bonchev–Trinajstić information content (AvgIpc) is 2.43. The molecule has 0 N–H and O–H groups in total. The molecule has 1 aromatic carbocycles. The zero-order chi connectivity index (χ0) is 10.3. The van der Waals surface area contributed by atoms with Gasteiger partial charge >= 0.3 is 5.76 Å². The first-order valence-corrected chi connectivity index (χ1v) is 4.20. The number of rotatable bonds is 1. The van der Waals surface area contributed by atoms with Crippen LogP contribution in [-0.4, -0.2) is 10.4 Å². The van der Waals surface area contributed by atoms with Gasteiger partial charge < -0.3 is 4.42 Å². The second-order valence-corrected chi connectivity index (χ2v) is 3.14. The van der Waals surface area contributed by atoms with Gasteiger partial charge in [0.25, 0.3) is 0 Å². The topological polar surface area (TPSA) is 52.2 Å². The number of hydrogen-bond acceptors (Lipinski definition) is 3. The number of nitrogens with zero attached hydrogens (tertiary/aromatic N) is 1. The molecule has 14 heavy (non-hydrogen) atoms. The molecule has 1 heterocycles. The van der Waals surface area contributed by atoms with Gasteiger partial charge in [0.1, 0.15) is 5.52 Å². The van der Waals surface area contributed by atoms with Gasteiger partial charge in [-0.3, -0.25) is 9.36 Å². The minimum absolute atomic E-state index is 0.0769. The van der Waals surface area contributed by atoms with E-state index < -0.39 is 5.76 Å². The molecule has 72 valence electrons. The number of benzene rings is 1. The number of carbonyl (C=O) groups is 1. The number of Topliss-reactive ketones (excluding diaryl/α,β-unsaturated/α-hetero) is 1. The van der Waals surface area contributed by atoms with E-state index in [-0.39, 0.29) is 5.78 Å². The Bertz CT molecular complexity index is 562. The Morgan fingerprint density at radius 1 is 1.43 bits per heavy atom. The number of aromatic nitrogens is 1. The molecule has 0 aliphatic heterocycles. The van der Waals surface area contributed by atoms with E-state index in [0.29, 0.717) is 16.7 Å². The summed E-state index contributed by atoms with van der Waals surface area (Å²) in [6.07, 6.45) is 0. The fraction of sp³-hybridized carbons (Fsp3) is 0.200. The minimum Gasteiger partial charge on any atom is -0.408 e.